The van der Waals surface area contributed by atoms with Crippen molar-refractivity contribution in [2.24, 2.45) is 5.10 Å². The van der Waals surface area contributed by atoms with E-state index < -0.39 is 5.97 Å². The van der Waals surface area contributed by atoms with Crippen LogP contribution < -0.4 is 19.6 Å². The van der Waals surface area contributed by atoms with Gasteiger partial charge in [-0.05, 0) is 84.8 Å². The lowest BCUT2D eigenvalue weighted by Gasteiger charge is -2.11. The minimum atomic E-state index is -0.517. The molecule has 0 saturated carbocycles. The average Bonchev–Trinajstić information content (AvgIpc) is 3.02. The van der Waals surface area contributed by atoms with Crippen LogP contribution in [-0.2, 0) is 6.61 Å². The van der Waals surface area contributed by atoms with E-state index in [-0.39, 0.29) is 5.91 Å². The molecule has 7 nitrogen and oxygen atoms in total. The molecule has 0 heterocycles. The highest BCUT2D eigenvalue weighted by atomic mass is 16.5. The molecule has 0 aromatic heterocycles. The molecular formula is C35H30N2O5. The van der Waals surface area contributed by atoms with Crippen molar-refractivity contribution in [2.75, 3.05) is 6.61 Å². The summed E-state index contributed by atoms with van der Waals surface area (Å²) in [6, 6.07) is 33.0. The zero-order valence-corrected chi connectivity index (χ0v) is 23.4. The summed E-state index contributed by atoms with van der Waals surface area (Å²) in [6.45, 7) is 4.91. The fourth-order valence-electron chi connectivity index (χ4n) is 4.28. The monoisotopic (exact) mass is 558 g/mol. The van der Waals surface area contributed by atoms with Crippen molar-refractivity contribution in [3.05, 3.63) is 137 Å². The molecule has 210 valence electrons. The van der Waals surface area contributed by atoms with Gasteiger partial charge in [0, 0.05) is 11.1 Å². The van der Waals surface area contributed by atoms with E-state index in [1.54, 1.807) is 54.6 Å². The number of esters is 1. The van der Waals surface area contributed by atoms with Gasteiger partial charge in [0.25, 0.3) is 5.91 Å². The van der Waals surface area contributed by atoms with E-state index in [1.165, 1.54) is 11.8 Å². The lowest BCUT2D eigenvalue weighted by Crippen LogP contribution is -2.17. The number of hydrogen-bond acceptors (Lipinski definition) is 6. The van der Waals surface area contributed by atoms with Crippen molar-refractivity contribution in [1.29, 1.82) is 0 Å². The largest absolute Gasteiger partial charge is 0.494 e. The Hall–Kier alpha value is -5.43. The highest BCUT2D eigenvalue weighted by molar-refractivity contribution is 6.04. The summed E-state index contributed by atoms with van der Waals surface area (Å²) < 4.78 is 17.0. The van der Waals surface area contributed by atoms with Crippen LogP contribution in [0.15, 0.2) is 114 Å². The van der Waals surface area contributed by atoms with E-state index in [0.717, 1.165) is 16.3 Å². The Bertz CT molecular complexity index is 1710. The number of ether oxygens (including phenoxy) is 3. The number of nitrogens with zero attached hydrogens (tertiary/aromatic N) is 1. The normalized spacial score (nSPS) is 10.9. The van der Waals surface area contributed by atoms with Crippen LogP contribution in [0.3, 0.4) is 0 Å². The van der Waals surface area contributed by atoms with Crippen LogP contribution >= 0.6 is 0 Å². The zero-order valence-electron chi connectivity index (χ0n) is 23.4. The predicted octanol–water partition coefficient (Wildman–Crippen LogP) is 7.11. The van der Waals surface area contributed by atoms with Crippen molar-refractivity contribution in [3.63, 3.8) is 0 Å². The van der Waals surface area contributed by atoms with Crippen molar-refractivity contribution in [3.8, 4) is 17.2 Å². The number of benzene rings is 5. The van der Waals surface area contributed by atoms with Crippen molar-refractivity contribution in [1.82, 2.24) is 5.43 Å². The van der Waals surface area contributed by atoms with E-state index >= 15 is 0 Å². The lowest BCUT2D eigenvalue weighted by atomic mass is 10.0. The van der Waals surface area contributed by atoms with E-state index in [2.05, 4.69) is 10.5 Å². The summed E-state index contributed by atoms with van der Waals surface area (Å²) in [4.78, 5) is 25.7. The lowest BCUT2D eigenvalue weighted by molar-refractivity contribution is 0.0734. The quantitative estimate of drug-likeness (QED) is 0.0855. The first kappa shape index (κ1) is 28.1. The maximum absolute atomic E-state index is 12.9. The van der Waals surface area contributed by atoms with Gasteiger partial charge >= 0.3 is 5.97 Å². The van der Waals surface area contributed by atoms with Crippen LogP contribution in [-0.4, -0.2) is 24.7 Å². The van der Waals surface area contributed by atoms with Gasteiger partial charge in [-0.15, -0.1) is 0 Å². The fraction of sp³-hybridized carbons (Fsp3) is 0.114. The van der Waals surface area contributed by atoms with Gasteiger partial charge in [-0.3, -0.25) is 4.79 Å². The summed E-state index contributed by atoms with van der Waals surface area (Å²) in [6.07, 6.45) is 1.49. The molecule has 5 aromatic rings. The number of nitrogens with one attached hydrogen (secondary N) is 1. The number of aryl methyl sites for hydroxylation is 1. The highest BCUT2D eigenvalue weighted by Crippen LogP contribution is 2.28. The van der Waals surface area contributed by atoms with Crippen LogP contribution in [0, 0.1) is 6.92 Å². The second kappa shape index (κ2) is 13.3. The third-order valence-electron chi connectivity index (χ3n) is 6.54. The van der Waals surface area contributed by atoms with E-state index in [0.29, 0.717) is 47.2 Å². The molecule has 0 aliphatic carbocycles. The molecule has 1 N–H and O–H groups in total. The molecule has 0 fully saturated rings. The van der Waals surface area contributed by atoms with Gasteiger partial charge in [0.2, 0.25) is 0 Å². The first-order valence-electron chi connectivity index (χ1n) is 13.6. The predicted molar refractivity (Wildman–Crippen MR) is 164 cm³/mol. The molecule has 1 amide bonds. The Morgan fingerprint density at radius 3 is 2.14 bits per heavy atom. The molecule has 0 aliphatic heterocycles. The number of amides is 1. The van der Waals surface area contributed by atoms with E-state index in [9.17, 15) is 9.59 Å². The molecule has 0 saturated heterocycles. The molecular weight excluding hydrogens is 528 g/mol. The molecule has 0 unspecified atom stereocenters. The van der Waals surface area contributed by atoms with Gasteiger partial charge < -0.3 is 14.2 Å². The fourth-order valence-corrected chi connectivity index (χ4v) is 4.28. The first-order chi connectivity index (χ1) is 20.5. The molecule has 0 bridgehead atoms. The highest BCUT2D eigenvalue weighted by Gasteiger charge is 2.14. The third kappa shape index (κ3) is 7.01. The SMILES string of the molecule is CCOc1ccc(C(=O)Oc2ccc3ccccc3c2C=NNC(=O)c2ccc(OCc3ccc(C)cc3)cc2)cc1. The summed E-state index contributed by atoms with van der Waals surface area (Å²) in [7, 11) is 0. The standard InChI is InChI=1S/C35H30N2O5/c1-3-40-29-19-14-28(15-20-29)35(39)42-33-21-16-26-6-4-5-7-31(26)32(33)22-36-37-34(38)27-12-17-30(18-13-27)41-23-25-10-8-24(2)9-11-25/h4-22H,3,23H2,1-2H3,(H,37,38). The Kier molecular flexibility index (Phi) is 8.89. The first-order valence-corrected chi connectivity index (χ1v) is 13.6. The third-order valence-corrected chi connectivity index (χ3v) is 6.54. The number of hydrogen-bond donors (Lipinski definition) is 1. The maximum atomic E-state index is 12.9. The second-order valence-electron chi connectivity index (χ2n) is 9.54. The van der Waals surface area contributed by atoms with E-state index in [1.807, 2.05) is 68.4 Å². The number of carbonyl (C=O) groups excluding carboxylic acids is 2. The molecule has 0 spiro atoms. The Balaban J connectivity index is 1.27. The molecule has 5 rings (SSSR count). The number of hydrazone groups is 1. The van der Waals surface area contributed by atoms with Gasteiger partial charge in [-0.25, -0.2) is 10.2 Å². The Morgan fingerprint density at radius 2 is 1.43 bits per heavy atom. The molecule has 42 heavy (non-hydrogen) atoms. The molecule has 0 radical (unpaired) electrons. The number of rotatable bonds is 10. The topological polar surface area (TPSA) is 86.2 Å². The van der Waals surface area contributed by atoms with Crippen LogP contribution in [0.2, 0.25) is 0 Å². The van der Waals surface area contributed by atoms with Gasteiger partial charge in [-0.2, -0.15) is 5.10 Å². The molecule has 0 aliphatic rings. The minimum absolute atomic E-state index is 0.320. The van der Waals surface area contributed by atoms with Crippen LogP contribution in [0.5, 0.6) is 17.2 Å². The van der Waals surface area contributed by atoms with Gasteiger partial charge in [-0.1, -0.05) is 60.2 Å². The van der Waals surface area contributed by atoms with Gasteiger partial charge in [0.05, 0.1) is 18.4 Å². The van der Waals surface area contributed by atoms with Crippen LogP contribution in [0.4, 0.5) is 0 Å². The Morgan fingerprint density at radius 1 is 0.762 bits per heavy atom. The second-order valence-corrected chi connectivity index (χ2v) is 9.54. The molecule has 5 aromatic carbocycles. The molecule has 7 heteroatoms. The molecule has 0 atom stereocenters. The summed E-state index contributed by atoms with van der Waals surface area (Å²) in [5, 5.41) is 5.94. The summed E-state index contributed by atoms with van der Waals surface area (Å²) >= 11 is 0. The maximum Gasteiger partial charge on any atom is 0.343 e. The summed E-state index contributed by atoms with van der Waals surface area (Å²) in [5.41, 5.74) is 6.19. The van der Waals surface area contributed by atoms with Crippen LogP contribution in [0.25, 0.3) is 10.8 Å². The van der Waals surface area contributed by atoms with Crippen molar-refractivity contribution < 1.29 is 23.8 Å². The zero-order chi connectivity index (χ0) is 29.3. The van der Waals surface area contributed by atoms with Gasteiger partial charge in [0.15, 0.2) is 0 Å². The smallest absolute Gasteiger partial charge is 0.343 e. The van der Waals surface area contributed by atoms with Gasteiger partial charge in [0.1, 0.15) is 23.9 Å². The van der Waals surface area contributed by atoms with E-state index in [4.69, 9.17) is 14.2 Å². The number of carbonyl (C=O) groups is 2. The average molecular weight is 559 g/mol. The number of fused-ring (bicyclic) bond motifs is 1. The van der Waals surface area contributed by atoms with Crippen LogP contribution in [0.1, 0.15) is 44.3 Å². The summed E-state index contributed by atoms with van der Waals surface area (Å²) in [5.74, 6) is 0.750. The van der Waals surface area contributed by atoms with Crippen molar-refractivity contribution in [2.45, 2.75) is 20.5 Å². The minimum Gasteiger partial charge on any atom is -0.494 e. The Labute approximate surface area is 244 Å². The van der Waals surface area contributed by atoms with Crippen molar-refractivity contribution >= 4 is 28.9 Å².